The second kappa shape index (κ2) is 5.75. The molecule has 0 saturated carbocycles. The van der Waals surface area contributed by atoms with Gasteiger partial charge < -0.3 is 15.6 Å². The fraction of sp³-hybridized carbons (Fsp3) is 0.385. The van der Waals surface area contributed by atoms with Gasteiger partial charge in [0.15, 0.2) is 11.2 Å². The smallest absolute Gasteiger partial charge is 0.323 e. The Morgan fingerprint density at radius 3 is 2.33 bits per heavy atom. The number of ether oxygens (including phenoxy) is 1. The molecule has 0 amide bonds. The van der Waals surface area contributed by atoms with Crippen molar-refractivity contribution < 1.29 is 19.4 Å². The summed E-state index contributed by atoms with van der Waals surface area (Å²) in [5, 5.41) is 9.79. The lowest BCUT2D eigenvalue weighted by atomic mass is 9.76. The molecule has 98 valence electrons. The minimum Gasteiger partial charge on any atom is -0.468 e. The van der Waals surface area contributed by atoms with Crippen molar-refractivity contribution in [2.24, 2.45) is 11.1 Å². The first-order chi connectivity index (χ1) is 8.50. The molecular weight excluding hydrogens is 234 g/mol. The Kier molecular flexibility index (Phi) is 4.58. The van der Waals surface area contributed by atoms with E-state index in [-0.39, 0.29) is 6.54 Å². The number of aliphatic hydroxyl groups excluding tert-OH is 1. The van der Waals surface area contributed by atoms with Crippen LogP contribution in [0.5, 0.6) is 0 Å². The molecule has 0 saturated heterocycles. The highest BCUT2D eigenvalue weighted by Gasteiger charge is 2.50. The normalized spacial score (nSPS) is 15.6. The maximum atomic E-state index is 12.4. The van der Waals surface area contributed by atoms with Crippen LogP contribution >= 0.6 is 0 Å². The third kappa shape index (κ3) is 2.27. The summed E-state index contributed by atoms with van der Waals surface area (Å²) in [5.41, 5.74) is 4.10. The van der Waals surface area contributed by atoms with Crippen LogP contribution in [0.3, 0.4) is 0 Å². The van der Waals surface area contributed by atoms with Gasteiger partial charge in [0.2, 0.25) is 0 Å². The van der Waals surface area contributed by atoms with E-state index < -0.39 is 23.3 Å². The number of rotatable bonds is 5. The van der Waals surface area contributed by atoms with Gasteiger partial charge >= 0.3 is 5.97 Å². The molecule has 0 aliphatic heterocycles. The van der Waals surface area contributed by atoms with E-state index in [4.69, 9.17) is 5.73 Å². The quantitative estimate of drug-likeness (QED) is 0.448. The Morgan fingerprint density at radius 2 is 1.94 bits per heavy atom. The number of hydrogen-bond donors (Lipinski definition) is 2. The van der Waals surface area contributed by atoms with E-state index >= 15 is 0 Å². The van der Waals surface area contributed by atoms with Gasteiger partial charge in [0.05, 0.1) is 13.2 Å². The second-order valence-electron chi connectivity index (χ2n) is 4.04. The maximum Gasteiger partial charge on any atom is 0.323 e. The molecule has 0 aliphatic rings. The average Bonchev–Trinajstić information content (AvgIpc) is 2.40. The van der Waals surface area contributed by atoms with E-state index in [1.54, 1.807) is 30.3 Å². The van der Waals surface area contributed by atoms with Crippen LogP contribution in [0.4, 0.5) is 0 Å². The number of hydrogen-bond acceptors (Lipinski definition) is 5. The molecule has 3 N–H and O–H groups in total. The molecule has 0 heterocycles. The third-order valence-corrected chi connectivity index (χ3v) is 3.03. The van der Waals surface area contributed by atoms with Gasteiger partial charge in [-0.2, -0.15) is 0 Å². The predicted octanol–water partition coefficient (Wildman–Crippen LogP) is 0.368. The SMILES string of the molecule is COC(=O)[C@](CN)(C(=O)c1ccccc1)[C@@H](C)O. The second-order valence-corrected chi connectivity index (χ2v) is 4.04. The van der Waals surface area contributed by atoms with E-state index in [2.05, 4.69) is 4.74 Å². The van der Waals surface area contributed by atoms with Crippen molar-refractivity contribution in [1.82, 2.24) is 0 Å². The number of methoxy groups -OCH3 is 1. The van der Waals surface area contributed by atoms with Crippen molar-refractivity contribution >= 4 is 11.8 Å². The number of Topliss-reactive ketones (excluding diaryl/α,β-unsaturated/α-hetero) is 1. The van der Waals surface area contributed by atoms with Crippen LogP contribution in [0.2, 0.25) is 0 Å². The van der Waals surface area contributed by atoms with Crippen LogP contribution in [0.25, 0.3) is 0 Å². The Balaban J connectivity index is 3.28. The van der Waals surface area contributed by atoms with E-state index in [0.717, 1.165) is 7.11 Å². The van der Waals surface area contributed by atoms with E-state index in [9.17, 15) is 14.7 Å². The summed E-state index contributed by atoms with van der Waals surface area (Å²) >= 11 is 0. The first-order valence-corrected chi connectivity index (χ1v) is 5.57. The molecule has 0 unspecified atom stereocenters. The van der Waals surface area contributed by atoms with Gasteiger partial charge in [0.25, 0.3) is 0 Å². The van der Waals surface area contributed by atoms with E-state index in [0.29, 0.717) is 5.56 Å². The molecule has 1 aromatic carbocycles. The van der Waals surface area contributed by atoms with Crippen LogP contribution in [0.1, 0.15) is 17.3 Å². The van der Waals surface area contributed by atoms with Crippen LogP contribution in [0, 0.1) is 5.41 Å². The van der Waals surface area contributed by atoms with Gasteiger partial charge in [0.1, 0.15) is 0 Å². The predicted molar refractivity (Wildman–Crippen MR) is 66.0 cm³/mol. The summed E-state index contributed by atoms with van der Waals surface area (Å²) < 4.78 is 4.61. The molecule has 5 nitrogen and oxygen atoms in total. The molecule has 0 aromatic heterocycles. The summed E-state index contributed by atoms with van der Waals surface area (Å²) in [5.74, 6) is -1.36. The van der Waals surface area contributed by atoms with Crippen LogP contribution in [-0.4, -0.2) is 36.6 Å². The Hall–Kier alpha value is -1.72. The van der Waals surface area contributed by atoms with Crippen molar-refractivity contribution in [3.8, 4) is 0 Å². The number of benzene rings is 1. The molecule has 1 rings (SSSR count). The molecule has 0 fully saturated rings. The van der Waals surface area contributed by atoms with E-state index in [1.807, 2.05) is 0 Å². The van der Waals surface area contributed by atoms with Crippen LogP contribution in [0.15, 0.2) is 30.3 Å². The summed E-state index contributed by atoms with van der Waals surface area (Å²) in [4.78, 5) is 24.2. The van der Waals surface area contributed by atoms with Crippen molar-refractivity contribution in [1.29, 1.82) is 0 Å². The topological polar surface area (TPSA) is 89.6 Å². The summed E-state index contributed by atoms with van der Waals surface area (Å²) in [6.07, 6.45) is -1.23. The van der Waals surface area contributed by atoms with Gasteiger partial charge in [-0.1, -0.05) is 30.3 Å². The lowest BCUT2D eigenvalue weighted by Crippen LogP contribution is -2.53. The molecule has 5 heteroatoms. The number of ketones is 1. The van der Waals surface area contributed by atoms with Crippen molar-refractivity contribution in [2.45, 2.75) is 13.0 Å². The zero-order valence-electron chi connectivity index (χ0n) is 10.4. The van der Waals surface area contributed by atoms with Gasteiger partial charge in [0, 0.05) is 12.1 Å². The minimum absolute atomic E-state index is 0.314. The Morgan fingerprint density at radius 1 is 1.39 bits per heavy atom. The lowest BCUT2D eigenvalue weighted by Gasteiger charge is -2.30. The maximum absolute atomic E-state index is 12.4. The lowest BCUT2D eigenvalue weighted by molar-refractivity contribution is -0.154. The van der Waals surface area contributed by atoms with Crippen molar-refractivity contribution in [3.05, 3.63) is 35.9 Å². The zero-order valence-corrected chi connectivity index (χ0v) is 10.4. The molecule has 0 spiro atoms. The summed E-state index contributed by atoms with van der Waals surface area (Å²) in [6, 6.07) is 8.24. The number of carbonyl (C=O) groups excluding carboxylic acids is 2. The Labute approximate surface area is 106 Å². The molecule has 18 heavy (non-hydrogen) atoms. The number of nitrogens with two attached hydrogens (primary N) is 1. The molecule has 0 radical (unpaired) electrons. The van der Waals surface area contributed by atoms with Gasteiger partial charge in [-0.15, -0.1) is 0 Å². The first kappa shape index (κ1) is 14.3. The van der Waals surface area contributed by atoms with Crippen molar-refractivity contribution in [2.75, 3.05) is 13.7 Å². The monoisotopic (exact) mass is 251 g/mol. The first-order valence-electron chi connectivity index (χ1n) is 5.57. The van der Waals surface area contributed by atoms with Crippen LogP contribution in [-0.2, 0) is 9.53 Å². The van der Waals surface area contributed by atoms with Crippen molar-refractivity contribution in [3.63, 3.8) is 0 Å². The fourth-order valence-corrected chi connectivity index (χ4v) is 1.83. The molecule has 1 aromatic rings. The highest BCUT2D eigenvalue weighted by Crippen LogP contribution is 2.28. The fourth-order valence-electron chi connectivity index (χ4n) is 1.83. The largest absolute Gasteiger partial charge is 0.468 e. The molecular formula is C13H17NO4. The standard InChI is InChI=1S/C13H17NO4/c1-9(15)13(8-14,12(17)18-2)11(16)10-6-4-3-5-7-10/h3-7,9,15H,8,14H2,1-2H3/t9-,13+/m1/s1. The zero-order chi connectivity index (χ0) is 13.8. The number of esters is 1. The van der Waals surface area contributed by atoms with Gasteiger partial charge in [-0.05, 0) is 6.92 Å². The highest BCUT2D eigenvalue weighted by molar-refractivity contribution is 6.13. The number of aliphatic hydroxyl groups is 1. The van der Waals surface area contributed by atoms with Gasteiger partial charge in [-0.3, -0.25) is 9.59 Å². The Bertz CT molecular complexity index is 430. The molecule has 0 aliphatic carbocycles. The average molecular weight is 251 g/mol. The summed E-state index contributed by atoms with van der Waals surface area (Å²) in [7, 11) is 1.16. The molecule has 0 bridgehead atoms. The highest BCUT2D eigenvalue weighted by atomic mass is 16.5. The van der Waals surface area contributed by atoms with E-state index in [1.165, 1.54) is 6.92 Å². The molecule has 2 atom stereocenters. The minimum atomic E-state index is -1.75. The number of carbonyl (C=O) groups is 2. The third-order valence-electron chi connectivity index (χ3n) is 3.03. The van der Waals surface area contributed by atoms with Crippen LogP contribution < -0.4 is 5.73 Å². The summed E-state index contributed by atoms with van der Waals surface area (Å²) in [6.45, 7) is 1.04. The van der Waals surface area contributed by atoms with Gasteiger partial charge in [-0.25, -0.2) is 0 Å².